The highest BCUT2D eigenvalue weighted by atomic mass is 19.4. The first-order valence-corrected chi connectivity index (χ1v) is 9.79. The van der Waals surface area contributed by atoms with Gasteiger partial charge in [0.05, 0.1) is 11.3 Å². The number of hydrogen-bond donors (Lipinski definition) is 1. The molecule has 1 aromatic heterocycles. The zero-order valence-corrected chi connectivity index (χ0v) is 16.8. The van der Waals surface area contributed by atoms with Crippen LogP contribution in [0.2, 0.25) is 0 Å². The Hall–Kier alpha value is -2.93. The van der Waals surface area contributed by atoms with Gasteiger partial charge in [-0.15, -0.1) is 0 Å². The fourth-order valence-corrected chi connectivity index (χ4v) is 3.85. The summed E-state index contributed by atoms with van der Waals surface area (Å²) in [4.78, 5) is 22.1. The predicted octanol–water partition coefficient (Wildman–Crippen LogP) is 4.63. The monoisotopic (exact) mass is 413 g/mol. The lowest BCUT2D eigenvalue weighted by Crippen LogP contribution is -2.35. The zero-order chi connectivity index (χ0) is 21.5. The fraction of sp³-hybridized carbons (Fsp3) is 0.304. The van der Waals surface area contributed by atoms with Crippen molar-refractivity contribution in [1.29, 1.82) is 0 Å². The van der Waals surface area contributed by atoms with Gasteiger partial charge < -0.3 is 4.98 Å². The van der Waals surface area contributed by atoms with Crippen molar-refractivity contribution in [3.05, 3.63) is 86.3 Å². The molecular weight excluding hydrogens is 391 g/mol. The molecule has 0 saturated heterocycles. The maximum Gasteiger partial charge on any atom is 0.416 e. The van der Waals surface area contributed by atoms with Crippen molar-refractivity contribution in [2.45, 2.75) is 39.5 Å². The number of nitrogens with one attached hydrogen (secondary N) is 1. The maximum absolute atomic E-state index is 12.8. The molecule has 0 bridgehead atoms. The third kappa shape index (κ3) is 4.16. The van der Waals surface area contributed by atoms with Gasteiger partial charge in [-0.25, -0.2) is 4.98 Å². The number of fused-ring (bicyclic) bond motifs is 1. The summed E-state index contributed by atoms with van der Waals surface area (Å²) in [5.41, 5.74) is 4.52. The second-order valence-corrected chi connectivity index (χ2v) is 7.81. The minimum absolute atomic E-state index is 0.221. The van der Waals surface area contributed by atoms with Gasteiger partial charge in [-0.1, -0.05) is 35.9 Å². The van der Waals surface area contributed by atoms with Crippen molar-refractivity contribution < 1.29 is 13.2 Å². The third-order valence-corrected chi connectivity index (χ3v) is 5.53. The van der Waals surface area contributed by atoms with Crippen molar-refractivity contribution in [3.63, 3.8) is 0 Å². The molecule has 0 fully saturated rings. The number of aromatic nitrogens is 2. The van der Waals surface area contributed by atoms with Crippen LogP contribution in [0.5, 0.6) is 0 Å². The van der Waals surface area contributed by atoms with Crippen LogP contribution in [-0.2, 0) is 25.7 Å². The molecule has 0 unspecified atom stereocenters. The third-order valence-electron chi connectivity index (χ3n) is 5.53. The van der Waals surface area contributed by atoms with Gasteiger partial charge in [0.25, 0.3) is 5.56 Å². The Kier molecular flexibility index (Phi) is 5.24. The number of alkyl halides is 3. The predicted molar refractivity (Wildman–Crippen MR) is 109 cm³/mol. The number of H-pyrrole nitrogens is 1. The van der Waals surface area contributed by atoms with E-state index in [0.29, 0.717) is 35.6 Å². The molecule has 0 amide bonds. The Morgan fingerprint density at radius 3 is 2.50 bits per heavy atom. The molecule has 2 aromatic carbocycles. The van der Waals surface area contributed by atoms with Crippen LogP contribution in [0.25, 0.3) is 11.4 Å². The molecule has 3 aromatic rings. The average Bonchev–Trinajstić information content (AvgIpc) is 2.69. The minimum Gasteiger partial charge on any atom is -0.306 e. The molecular formula is C23H22F3N3O. The quantitative estimate of drug-likeness (QED) is 0.681. The van der Waals surface area contributed by atoms with Gasteiger partial charge in [0, 0.05) is 30.8 Å². The first-order chi connectivity index (χ1) is 14.2. The van der Waals surface area contributed by atoms with Crippen LogP contribution in [0.4, 0.5) is 13.2 Å². The second-order valence-electron chi connectivity index (χ2n) is 7.81. The van der Waals surface area contributed by atoms with Crippen LogP contribution < -0.4 is 5.56 Å². The Morgan fingerprint density at radius 1 is 1.10 bits per heavy atom. The van der Waals surface area contributed by atoms with Gasteiger partial charge in [0.15, 0.2) is 0 Å². The first-order valence-electron chi connectivity index (χ1n) is 9.79. The Labute approximate surface area is 172 Å². The average molecular weight is 413 g/mol. The fourth-order valence-electron chi connectivity index (χ4n) is 3.85. The van der Waals surface area contributed by atoms with Crippen LogP contribution in [0.1, 0.15) is 33.5 Å². The largest absolute Gasteiger partial charge is 0.416 e. The summed E-state index contributed by atoms with van der Waals surface area (Å²) in [6.45, 7) is 6.19. The molecule has 1 N–H and O–H groups in total. The van der Waals surface area contributed by atoms with Crippen LogP contribution in [0.3, 0.4) is 0 Å². The van der Waals surface area contributed by atoms with Crippen molar-refractivity contribution in [1.82, 2.24) is 14.9 Å². The number of nitrogens with zero attached hydrogens (tertiary/aromatic N) is 2. The summed E-state index contributed by atoms with van der Waals surface area (Å²) in [7, 11) is 0. The summed E-state index contributed by atoms with van der Waals surface area (Å²) in [6.07, 6.45) is -3.81. The Balaban J connectivity index is 1.59. The molecule has 7 heteroatoms. The summed E-state index contributed by atoms with van der Waals surface area (Å²) >= 11 is 0. The second kappa shape index (κ2) is 7.72. The lowest BCUT2D eigenvalue weighted by Gasteiger charge is -2.28. The number of hydrogen-bond acceptors (Lipinski definition) is 3. The van der Waals surface area contributed by atoms with E-state index in [1.807, 2.05) is 0 Å². The van der Waals surface area contributed by atoms with Gasteiger partial charge in [0.1, 0.15) is 5.82 Å². The van der Waals surface area contributed by atoms with Gasteiger partial charge in [0.2, 0.25) is 0 Å². The highest BCUT2D eigenvalue weighted by molar-refractivity contribution is 5.56. The number of halogens is 3. The number of aryl methyl sites for hydroxylation is 2. The van der Waals surface area contributed by atoms with Crippen molar-refractivity contribution in [3.8, 4) is 11.4 Å². The lowest BCUT2D eigenvalue weighted by atomic mass is 10.0. The van der Waals surface area contributed by atoms with Crippen molar-refractivity contribution in [2.75, 3.05) is 6.54 Å². The molecule has 0 atom stereocenters. The van der Waals surface area contributed by atoms with E-state index in [-0.39, 0.29) is 5.56 Å². The van der Waals surface area contributed by atoms with E-state index in [1.54, 1.807) is 0 Å². The molecule has 156 valence electrons. The van der Waals surface area contributed by atoms with Crippen LogP contribution in [0.15, 0.2) is 47.3 Å². The Morgan fingerprint density at radius 2 is 1.83 bits per heavy atom. The molecule has 0 saturated carbocycles. The number of benzene rings is 2. The summed E-state index contributed by atoms with van der Waals surface area (Å²) < 4.78 is 38.4. The first kappa shape index (κ1) is 20.3. The lowest BCUT2D eigenvalue weighted by molar-refractivity contribution is -0.137. The molecule has 30 heavy (non-hydrogen) atoms. The van der Waals surface area contributed by atoms with E-state index in [1.165, 1.54) is 28.8 Å². The van der Waals surface area contributed by atoms with Crippen LogP contribution in [-0.4, -0.2) is 21.4 Å². The maximum atomic E-state index is 12.8. The number of rotatable bonds is 3. The highest BCUT2D eigenvalue weighted by Gasteiger charge is 2.30. The smallest absolute Gasteiger partial charge is 0.306 e. The molecule has 0 aliphatic carbocycles. The SMILES string of the molecule is Cc1ccc(CN2CCc3c(nc(-c4ccc(C(F)(F)F)cc4)[nH]c3=O)C2)c(C)c1. The molecule has 0 radical (unpaired) electrons. The Bertz CT molecular complexity index is 1130. The van der Waals surface area contributed by atoms with Gasteiger partial charge in [-0.3, -0.25) is 9.69 Å². The van der Waals surface area contributed by atoms with E-state index >= 15 is 0 Å². The highest BCUT2D eigenvalue weighted by Crippen LogP contribution is 2.30. The van der Waals surface area contributed by atoms with Gasteiger partial charge in [-0.2, -0.15) is 13.2 Å². The standard InChI is InChI=1S/C23H22F3N3O/c1-14-3-4-17(15(2)11-14)12-29-10-9-19-20(13-29)27-21(28-22(19)30)16-5-7-18(8-6-16)23(24,25)26/h3-8,11H,9-10,12-13H2,1-2H3,(H,27,28,30). The van der Waals surface area contributed by atoms with E-state index < -0.39 is 11.7 Å². The molecule has 4 rings (SSSR count). The molecule has 0 spiro atoms. The van der Waals surface area contributed by atoms with Crippen molar-refractivity contribution >= 4 is 0 Å². The summed E-state index contributed by atoms with van der Waals surface area (Å²) in [5, 5.41) is 0. The topological polar surface area (TPSA) is 49.0 Å². The normalized spacial score (nSPS) is 14.6. The minimum atomic E-state index is -4.40. The van der Waals surface area contributed by atoms with Gasteiger partial charge in [-0.05, 0) is 43.5 Å². The molecule has 1 aliphatic rings. The van der Waals surface area contributed by atoms with E-state index in [9.17, 15) is 18.0 Å². The van der Waals surface area contributed by atoms with Crippen LogP contribution in [0, 0.1) is 13.8 Å². The van der Waals surface area contributed by atoms with E-state index in [0.717, 1.165) is 25.2 Å². The molecule has 4 nitrogen and oxygen atoms in total. The van der Waals surface area contributed by atoms with E-state index in [2.05, 4.69) is 46.9 Å². The summed E-state index contributed by atoms with van der Waals surface area (Å²) in [5.74, 6) is 0.292. The van der Waals surface area contributed by atoms with Crippen LogP contribution >= 0.6 is 0 Å². The summed E-state index contributed by atoms with van der Waals surface area (Å²) in [6, 6.07) is 11.0. The zero-order valence-electron chi connectivity index (χ0n) is 16.8. The molecule has 1 aliphatic heterocycles. The number of aromatic amines is 1. The van der Waals surface area contributed by atoms with Gasteiger partial charge >= 0.3 is 6.18 Å². The van der Waals surface area contributed by atoms with E-state index in [4.69, 9.17) is 0 Å². The molecule has 2 heterocycles. The van der Waals surface area contributed by atoms with Crippen molar-refractivity contribution in [2.24, 2.45) is 0 Å².